The maximum absolute atomic E-state index is 10.7. The standard InChI is InChI=1S/C6H12NO5P/c8-6(9)5-2-1-4(3-7-5)13(10,11)12/h4-5,7H,1-3H2,(H,8,9)(H2,10,11,12)/t4-,5-/m1/s1. The van der Waals surface area contributed by atoms with Crippen molar-refractivity contribution < 1.29 is 29.6 Å². The van der Waals surface area contributed by atoms with Crippen LogP contribution in [0, 0.1) is 0 Å². The predicted molar refractivity (Wildman–Crippen MR) is 41.1 cm³/mol. The molecule has 0 aromatic rings. The summed E-state index contributed by atoms with van der Waals surface area (Å²) in [5.74, 6) is -0.933. The molecule has 6 nitrogen and oxygen atoms in total. The molecule has 76 valence electrons. The fraction of sp³-hybridized carbons (Fsp3) is 0.833. The highest BCUT2D eigenvalue weighted by Crippen LogP contribution is 2.38. The number of aliphatic carboxylic acids is 1. The minimum Gasteiger partial charge on any atom is -0.778 e. The van der Waals surface area contributed by atoms with Gasteiger partial charge in [0.25, 0.3) is 0 Å². The molecule has 0 aromatic heterocycles. The molecule has 0 bridgehead atoms. The molecule has 0 spiro atoms. The lowest BCUT2D eigenvalue weighted by atomic mass is 10.1. The number of rotatable bonds is 2. The summed E-state index contributed by atoms with van der Waals surface area (Å²) in [6, 6.07) is -0.567. The third-order valence-corrected chi connectivity index (χ3v) is 3.67. The average molecular weight is 209 g/mol. The van der Waals surface area contributed by atoms with E-state index < -0.39 is 25.3 Å². The van der Waals surface area contributed by atoms with E-state index in [1.165, 1.54) is 5.32 Å². The number of carboxylic acids is 1. The van der Waals surface area contributed by atoms with Crippen LogP contribution in [0.15, 0.2) is 0 Å². The zero-order valence-electron chi connectivity index (χ0n) is 6.92. The summed E-state index contributed by atoms with van der Waals surface area (Å²) in [5.41, 5.74) is -0.789. The zero-order chi connectivity index (χ0) is 10.1. The minimum absolute atomic E-state index is 0.133. The van der Waals surface area contributed by atoms with Gasteiger partial charge in [0.05, 0.1) is 12.2 Å². The molecular formula is C6H12NO5P. The van der Waals surface area contributed by atoms with Crippen molar-refractivity contribution >= 4 is 13.6 Å². The van der Waals surface area contributed by atoms with Gasteiger partial charge in [0.2, 0.25) is 0 Å². The molecule has 0 saturated carbocycles. The van der Waals surface area contributed by atoms with E-state index in [9.17, 15) is 14.3 Å². The van der Waals surface area contributed by atoms with E-state index in [-0.39, 0.29) is 19.4 Å². The van der Waals surface area contributed by atoms with Crippen molar-refractivity contribution in [3.63, 3.8) is 0 Å². The van der Waals surface area contributed by atoms with Crippen molar-refractivity contribution in [3.8, 4) is 0 Å². The van der Waals surface area contributed by atoms with Gasteiger partial charge in [0.15, 0.2) is 6.04 Å². The van der Waals surface area contributed by atoms with Crippen molar-refractivity contribution in [1.29, 1.82) is 0 Å². The van der Waals surface area contributed by atoms with Gasteiger partial charge in [-0.3, -0.25) is 0 Å². The Bertz CT molecular complexity index is 241. The molecule has 1 rings (SSSR count). The van der Waals surface area contributed by atoms with E-state index >= 15 is 0 Å². The third-order valence-electron chi connectivity index (χ3n) is 2.28. The number of carbonyl (C=O) groups is 1. The maximum atomic E-state index is 10.7. The van der Waals surface area contributed by atoms with Crippen LogP contribution in [0.1, 0.15) is 12.8 Å². The molecule has 13 heavy (non-hydrogen) atoms. The second-order valence-corrected chi connectivity index (χ2v) is 5.07. The Morgan fingerprint density at radius 1 is 1.54 bits per heavy atom. The topological polar surface area (TPSA) is 114 Å². The van der Waals surface area contributed by atoms with Crippen LogP contribution in [0.3, 0.4) is 0 Å². The van der Waals surface area contributed by atoms with Gasteiger partial charge in [-0.2, -0.15) is 0 Å². The van der Waals surface area contributed by atoms with Crippen molar-refractivity contribution in [2.24, 2.45) is 0 Å². The molecule has 1 aliphatic heterocycles. The maximum Gasteiger partial charge on any atom is 0.362 e. The molecule has 1 heterocycles. The summed E-state index contributed by atoms with van der Waals surface area (Å²) in [4.78, 5) is 29.8. The minimum atomic E-state index is -4.27. The summed E-state index contributed by atoms with van der Waals surface area (Å²) in [7, 11) is -4.27. The molecule has 1 unspecified atom stereocenters. The van der Waals surface area contributed by atoms with Gasteiger partial charge < -0.3 is 24.8 Å². The second-order valence-electron chi connectivity index (χ2n) is 3.21. The Balaban J connectivity index is 2.48. The highest BCUT2D eigenvalue weighted by Gasteiger charge is 2.33. The molecule has 0 radical (unpaired) electrons. The quantitative estimate of drug-likeness (QED) is 0.443. The molecule has 1 fully saturated rings. The van der Waals surface area contributed by atoms with Gasteiger partial charge in [-0.1, -0.05) is 0 Å². The SMILES string of the molecule is O=C(O)[C@H]1CC[C@@H](P(=O)([O-])O)C[NH2+]1. The van der Waals surface area contributed by atoms with Crippen LogP contribution < -0.4 is 10.2 Å². The summed E-state index contributed by atoms with van der Waals surface area (Å²) in [6.07, 6.45) is 0.511. The smallest absolute Gasteiger partial charge is 0.362 e. The van der Waals surface area contributed by atoms with Crippen molar-refractivity contribution in [3.05, 3.63) is 0 Å². The van der Waals surface area contributed by atoms with E-state index in [4.69, 9.17) is 10.00 Å². The van der Waals surface area contributed by atoms with Gasteiger partial charge in [-0.25, -0.2) is 4.79 Å². The van der Waals surface area contributed by atoms with Gasteiger partial charge in [-0.05, 0) is 6.42 Å². The predicted octanol–water partition coefficient (Wildman–Crippen LogP) is -2.29. The van der Waals surface area contributed by atoms with Gasteiger partial charge in [0.1, 0.15) is 7.60 Å². The van der Waals surface area contributed by atoms with Crippen LogP contribution in [0.4, 0.5) is 0 Å². The highest BCUT2D eigenvalue weighted by molar-refractivity contribution is 7.51. The van der Waals surface area contributed by atoms with Crippen molar-refractivity contribution in [2.75, 3.05) is 6.54 Å². The van der Waals surface area contributed by atoms with E-state index in [1.807, 2.05) is 0 Å². The van der Waals surface area contributed by atoms with Crippen molar-refractivity contribution in [1.82, 2.24) is 0 Å². The first-order chi connectivity index (χ1) is 5.91. The van der Waals surface area contributed by atoms with Crippen LogP contribution in [0.25, 0.3) is 0 Å². The lowest BCUT2D eigenvalue weighted by Gasteiger charge is -2.30. The Morgan fingerprint density at radius 2 is 2.15 bits per heavy atom. The molecule has 4 N–H and O–H groups in total. The van der Waals surface area contributed by atoms with Crippen LogP contribution >= 0.6 is 7.60 Å². The van der Waals surface area contributed by atoms with E-state index in [1.54, 1.807) is 0 Å². The molecule has 7 heteroatoms. The molecule has 3 atom stereocenters. The zero-order valence-corrected chi connectivity index (χ0v) is 7.81. The lowest BCUT2D eigenvalue weighted by Crippen LogP contribution is -2.95. The molecule has 1 aliphatic rings. The fourth-order valence-corrected chi connectivity index (χ4v) is 2.31. The third kappa shape index (κ3) is 2.77. The highest BCUT2D eigenvalue weighted by atomic mass is 31.2. The Morgan fingerprint density at radius 3 is 2.46 bits per heavy atom. The second kappa shape index (κ2) is 3.75. The van der Waals surface area contributed by atoms with Gasteiger partial charge in [0, 0.05) is 6.42 Å². The van der Waals surface area contributed by atoms with Crippen molar-refractivity contribution in [2.45, 2.75) is 24.5 Å². The van der Waals surface area contributed by atoms with Crippen LogP contribution in [-0.2, 0) is 9.36 Å². The molecule has 0 aromatic carbocycles. The van der Waals surface area contributed by atoms with E-state index in [0.717, 1.165) is 0 Å². The number of nitrogens with two attached hydrogens (primary N) is 1. The lowest BCUT2D eigenvalue weighted by molar-refractivity contribution is -0.685. The summed E-state index contributed by atoms with van der Waals surface area (Å²) >= 11 is 0. The van der Waals surface area contributed by atoms with E-state index in [2.05, 4.69) is 0 Å². The number of hydrogen-bond donors (Lipinski definition) is 3. The van der Waals surface area contributed by atoms with Crippen LogP contribution in [-0.4, -0.2) is 34.2 Å². The van der Waals surface area contributed by atoms with Crippen LogP contribution in [0.2, 0.25) is 0 Å². The van der Waals surface area contributed by atoms with Gasteiger partial charge >= 0.3 is 5.97 Å². The first kappa shape index (κ1) is 10.7. The molecule has 1 saturated heterocycles. The molecular weight excluding hydrogens is 197 g/mol. The number of quaternary nitrogens is 1. The number of hydrogen-bond acceptors (Lipinski definition) is 3. The Hall–Kier alpha value is -0.420. The largest absolute Gasteiger partial charge is 0.778 e. The summed E-state index contributed by atoms with van der Waals surface area (Å²) in [6.45, 7) is 0.133. The molecule has 0 aliphatic carbocycles. The normalized spacial score (nSPS) is 33.7. The first-order valence-corrected chi connectivity index (χ1v) is 5.65. The van der Waals surface area contributed by atoms with Crippen LogP contribution in [0.5, 0.6) is 0 Å². The first-order valence-electron chi connectivity index (χ1n) is 4.01. The fourth-order valence-electron chi connectivity index (χ4n) is 1.45. The monoisotopic (exact) mass is 209 g/mol. The van der Waals surface area contributed by atoms with E-state index in [0.29, 0.717) is 0 Å². The Labute approximate surface area is 75.1 Å². The molecule has 0 amide bonds. The Kier molecular flexibility index (Phi) is 3.08. The number of carboxylic acid groups (broad SMARTS) is 1. The van der Waals surface area contributed by atoms with Gasteiger partial charge in [-0.15, -0.1) is 0 Å². The average Bonchev–Trinajstić information content (AvgIpc) is 2.03. The summed E-state index contributed by atoms with van der Waals surface area (Å²) in [5, 5.41) is 10.0. The summed E-state index contributed by atoms with van der Waals surface area (Å²) < 4.78 is 10.7. The number of piperidine rings is 1.